The highest BCUT2D eigenvalue weighted by Gasteiger charge is 2.46. The van der Waals surface area contributed by atoms with E-state index >= 15 is 0 Å². The van der Waals surface area contributed by atoms with E-state index in [1.807, 2.05) is 31.2 Å². The van der Waals surface area contributed by atoms with E-state index in [0.717, 1.165) is 21.5 Å². The van der Waals surface area contributed by atoms with Gasteiger partial charge in [0.1, 0.15) is 6.04 Å². The lowest BCUT2D eigenvalue weighted by molar-refractivity contribution is -0.195. The Morgan fingerprint density at radius 2 is 1.44 bits per heavy atom. The quantitative estimate of drug-likeness (QED) is 0.229. The Hall–Kier alpha value is -4.26. The molecule has 2 atom stereocenters. The molecule has 3 aromatic rings. The number of hydroxylamine groups is 2. The van der Waals surface area contributed by atoms with E-state index in [-0.39, 0.29) is 24.3 Å². The number of ether oxygens (including phenoxy) is 1. The second-order valence-electron chi connectivity index (χ2n) is 12.5. The molecular weight excluding hydrogens is 632 g/mol. The van der Waals surface area contributed by atoms with Gasteiger partial charge in [-0.2, -0.15) is 9.37 Å². The van der Waals surface area contributed by atoms with Crippen LogP contribution in [0.15, 0.2) is 89.8 Å². The van der Waals surface area contributed by atoms with Crippen LogP contribution >= 0.6 is 0 Å². The third kappa shape index (κ3) is 8.60. The molecule has 12 heteroatoms. The highest BCUT2D eigenvalue weighted by Crippen LogP contribution is 2.29. The number of piperazine rings is 1. The number of esters is 1. The molecule has 2 saturated heterocycles. The van der Waals surface area contributed by atoms with Gasteiger partial charge in [0.05, 0.1) is 11.0 Å². The van der Waals surface area contributed by atoms with Crippen LogP contribution in [0.2, 0.25) is 0 Å². The molecule has 0 radical (unpaired) electrons. The molecule has 256 valence electrons. The van der Waals surface area contributed by atoms with E-state index in [1.165, 1.54) is 22.6 Å². The maximum atomic E-state index is 14.5. The first kappa shape index (κ1) is 35.1. The first-order chi connectivity index (χ1) is 23.0. The predicted molar refractivity (Wildman–Crippen MR) is 180 cm³/mol. The van der Waals surface area contributed by atoms with Gasteiger partial charge in [-0.3, -0.25) is 9.69 Å². The number of hydrogen-bond donors (Lipinski definition) is 0. The molecule has 2 aliphatic rings. The number of hydrogen-bond acceptors (Lipinski definition) is 8. The fourth-order valence-corrected chi connectivity index (χ4v) is 7.66. The molecule has 0 unspecified atom stereocenters. The average molecular weight is 677 g/mol. The normalized spacial score (nSPS) is 18.0. The van der Waals surface area contributed by atoms with Crippen LogP contribution < -0.4 is 0 Å². The van der Waals surface area contributed by atoms with Crippen molar-refractivity contribution >= 4 is 28.0 Å². The molecule has 2 aliphatic heterocycles. The number of aryl methyl sites for hydroxylation is 1. The van der Waals surface area contributed by atoms with Crippen molar-refractivity contribution in [2.45, 2.75) is 69.7 Å². The molecule has 5 rings (SSSR count). The Kier molecular flexibility index (Phi) is 11.5. The molecule has 2 fully saturated rings. The molecule has 2 heterocycles. The summed E-state index contributed by atoms with van der Waals surface area (Å²) >= 11 is 0. The van der Waals surface area contributed by atoms with Crippen LogP contribution in [-0.4, -0.2) is 96.5 Å². The van der Waals surface area contributed by atoms with Crippen molar-refractivity contribution < 1.29 is 32.4 Å². The van der Waals surface area contributed by atoms with Gasteiger partial charge in [-0.15, -0.1) is 0 Å². The lowest BCUT2D eigenvalue weighted by Gasteiger charge is -2.37. The Labute approximate surface area is 283 Å². The highest BCUT2D eigenvalue weighted by molar-refractivity contribution is 7.89. The molecule has 0 aliphatic carbocycles. The molecule has 0 spiro atoms. The number of sulfonamides is 1. The van der Waals surface area contributed by atoms with Gasteiger partial charge in [0.15, 0.2) is 6.04 Å². The minimum atomic E-state index is -4.07. The lowest BCUT2D eigenvalue weighted by Crippen LogP contribution is -2.57. The number of amides is 2. The largest absolute Gasteiger partial charge is 0.461 e. The summed E-state index contributed by atoms with van der Waals surface area (Å²) in [4.78, 5) is 51.6. The molecule has 3 aromatic carbocycles. The van der Waals surface area contributed by atoms with Crippen LogP contribution in [0.4, 0.5) is 4.79 Å². The minimum absolute atomic E-state index is 0.00625. The van der Waals surface area contributed by atoms with Crippen LogP contribution in [0.5, 0.6) is 0 Å². The van der Waals surface area contributed by atoms with Gasteiger partial charge >= 0.3 is 12.1 Å². The van der Waals surface area contributed by atoms with Crippen molar-refractivity contribution in [3.8, 4) is 0 Å². The SMILES string of the molecule is Cc1ccc(S(=O)(=O)N2CCC[C@H]2C(=O)N(OC(=O)N2CCN(Cc3ccccc3)CC2)[C@@H](Cc2ccccc2)C(=O)OC(C)C)cc1. The first-order valence-electron chi connectivity index (χ1n) is 16.4. The van der Waals surface area contributed by atoms with Crippen molar-refractivity contribution in [1.29, 1.82) is 0 Å². The third-order valence-electron chi connectivity index (χ3n) is 8.57. The van der Waals surface area contributed by atoms with Gasteiger partial charge in [-0.25, -0.2) is 18.0 Å². The highest BCUT2D eigenvalue weighted by atomic mass is 32.2. The molecule has 0 saturated carbocycles. The van der Waals surface area contributed by atoms with Gasteiger partial charge in [0, 0.05) is 45.7 Å². The second-order valence-corrected chi connectivity index (χ2v) is 14.4. The zero-order valence-electron chi connectivity index (χ0n) is 27.7. The van der Waals surface area contributed by atoms with E-state index in [9.17, 15) is 22.8 Å². The van der Waals surface area contributed by atoms with Gasteiger partial charge in [-0.05, 0) is 56.9 Å². The fourth-order valence-electron chi connectivity index (χ4n) is 6.01. The number of nitrogens with zero attached hydrogens (tertiary/aromatic N) is 4. The first-order valence-corrected chi connectivity index (χ1v) is 17.9. The maximum absolute atomic E-state index is 14.5. The van der Waals surface area contributed by atoms with E-state index in [2.05, 4.69) is 17.0 Å². The monoisotopic (exact) mass is 676 g/mol. The zero-order chi connectivity index (χ0) is 34.3. The summed E-state index contributed by atoms with van der Waals surface area (Å²) < 4.78 is 34.3. The molecule has 0 bridgehead atoms. The molecule has 2 amide bonds. The Morgan fingerprint density at radius 1 is 0.833 bits per heavy atom. The van der Waals surface area contributed by atoms with E-state index < -0.39 is 46.2 Å². The number of benzene rings is 3. The zero-order valence-corrected chi connectivity index (χ0v) is 28.6. The smallest absolute Gasteiger partial charge is 0.434 e. The van der Waals surface area contributed by atoms with Crippen molar-refractivity contribution in [1.82, 2.24) is 19.2 Å². The molecule has 0 aromatic heterocycles. The number of carbonyl (C=O) groups is 3. The van der Waals surface area contributed by atoms with Gasteiger partial charge < -0.3 is 14.5 Å². The summed E-state index contributed by atoms with van der Waals surface area (Å²) in [7, 11) is -4.07. The summed E-state index contributed by atoms with van der Waals surface area (Å²) in [6, 6.07) is 23.0. The Balaban J connectivity index is 1.41. The summed E-state index contributed by atoms with van der Waals surface area (Å²) in [5.41, 5.74) is 2.77. The summed E-state index contributed by atoms with van der Waals surface area (Å²) in [5.74, 6) is -1.55. The van der Waals surface area contributed by atoms with Crippen LogP contribution in [0.3, 0.4) is 0 Å². The maximum Gasteiger partial charge on any atom is 0.434 e. The van der Waals surface area contributed by atoms with Crippen LogP contribution in [0.25, 0.3) is 0 Å². The molecular formula is C36H44N4O7S. The average Bonchev–Trinajstić information content (AvgIpc) is 3.58. The van der Waals surface area contributed by atoms with Gasteiger partial charge in [0.2, 0.25) is 10.0 Å². The third-order valence-corrected chi connectivity index (χ3v) is 10.5. The van der Waals surface area contributed by atoms with Crippen LogP contribution in [0.1, 0.15) is 43.4 Å². The molecule has 48 heavy (non-hydrogen) atoms. The Morgan fingerprint density at radius 3 is 2.04 bits per heavy atom. The van der Waals surface area contributed by atoms with E-state index in [4.69, 9.17) is 9.57 Å². The standard InChI is InChI=1S/C36H44N4O7S/c1-27(2)46-35(42)33(25-29-11-6-4-7-12-29)40(47-36(43)38-23-21-37(22-24-38)26-30-13-8-5-9-14-30)34(41)32-15-10-20-39(32)48(44,45)31-18-16-28(3)17-19-31/h4-9,11-14,16-19,27,32-33H,10,15,20-26H2,1-3H3/t32-,33-/m0/s1. The molecule has 0 N–H and O–H groups in total. The van der Waals surface area contributed by atoms with Gasteiger partial charge in [-0.1, -0.05) is 78.4 Å². The summed E-state index contributed by atoms with van der Waals surface area (Å²) in [6.45, 7) is 7.97. The van der Waals surface area contributed by atoms with Crippen molar-refractivity contribution in [3.63, 3.8) is 0 Å². The van der Waals surface area contributed by atoms with Crippen LogP contribution in [0, 0.1) is 6.92 Å². The molecule has 11 nitrogen and oxygen atoms in total. The number of rotatable bonds is 10. The lowest BCUT2D eigenvalue weighted by atomic mass is 10.0. The van der Waals surface area contributed by atoms with E-state index in [1.54, 1.807) is 50.2 Å². The van der Waals surface area contributed by atoms with E-state index in [0.29, 0.717) is 38.2 Å². The van der Waals surface area contributed by atoms with Crippen molar-refractivity contribution in [2.75, 3.05) is 32.7 Å². The number of carbonyl (C=O) groups excluding carboxylic acids is 3. The Bertz CT molecular complexity index is 1640. The van der Waals surface area contributed by atoms with Gasteiger partial charge in [0.25, 0.3) is 5.91 Å². The fraction of sp³-hybridized carbons (Fsp3) is 0.417. The summed E-state index contributed by atoms with van der Waals surface area (Å²) in [5, 5.41) is 0.782. The second kappa shape index (κ2) is 15.8. The summed E-state index contributed by atoms with van der Waals surface area (Å²) in [6.07, 6.45) is -0.678. The van der Waals surface area contributed by atoms with Crippen molar-refractivity contribution in [3.05, 3.63) is 102 Å². The van der Waals surface area contributed by atoms with Crippen LogP contribution in [-0.2, 0) is 42.2 Å². The van der Waals surface area contributed by atoms with Crippen molar-refractivity contribution in [2.24, 2.45) is 0 Å². The minimum Gasteiger partial charge on any atom is -0.461 e. The topological polar surface area (TPSA) is 117 Å². The predicted octanol–water partition coefficient (Wildman–Crippen LogP) is 4.41.